The minimum absolute atomic E-state index is 0.0118. The molecular weight excluding hydrogens is 444 g/mol. The molecule has 1 saturated heterocycles. The number of hydrogen-bond acceptors (Lipinski definition) is 7. The van der Waals surface area contributed by atoms with Gasteiger partial charge in [0.1, 0.15) is 0 Å². The van der Waals surface area contributed by atoms with Gasteiger partial charge in [0, 0.05) is 73.6 Å². The summed E-state index contributed by atoms with van der Waals surface area (Å²) in [4.78, 5) is 31.3. The first-order valence-corrected chi connectivity index (χ1v) is 11.0. The van der Waals surface area contributed by atoms with E-state index in [1.165, 1.54) is 18.3 Å². The molecule has 0 bridgehead atoms. The fourth-order valence-corrected chi connectivity index (χ4v) is 3.94. The van der Waals surface area contributed by atoms with Crippen LogP contribution in [0.4, 0.5) is 11.4 Å². The number of hydrazone groups is 1. The third-order valence-electron chi connectivity index (χ3n) is 5.56. The van der Waals surface area contributed by atoms with E-state index in [-0.39, 0.29) is 11.6 Å². The number of piperazine rings is 1. The van der Waals surface area contributed by atoms with Gasteiger partial charge in [-0.3, -0.25) is 24.8 Å². The molecule has 170 valence electrons. The normalized spacial score (nSPS) is 14.6. The number of non-ortho nitro benzene ring substituents is 1. The quantitative estimate of drug-likeness (QED) is 0.325. The molecule has 1 fully saturated rings. The highest BCUT2D eigenvalue weighted by atomic mass is 35.5. The first kappa shape index (κ1) is 22.6. The highest BCUT2D eigenvalue weighted by Crippen LogP contribution is 2.28. The zero-order chi connectivity index (χ0) is 23.2. The lowest BCUT2D eigenvalue weighted by molar-refractivity contribution is -0.384. The van der Waals surface area contributed by atoms with E-state index in [4.69, 9.17) is 11.6 Å². The number of carbonyl (C=O) groups is 1. The summed E-state index contributed by atoms with van der Waals surface area (Å²) in [6.07, 6.45) is 3.61. The number of halogens is 1. The number of amides is 1. The lowest BCUT2D eigenvalue weighted by Crippen LogP contribution is -2.47. The second-order valence-corrected chi connectivity index (χ2v) is 8.15. The van der Waals surface area contributed by atoms with Gasteiger partial charge in [-0.05, 0) is 42.0 Å². The maximum Gasteiger partial charge on any atom is 0.269 e. The molecule has 1 aliphatic heterocycles. The van der Waals surface area contributed by atoms with Crippen molar-refractivity contribution in [1.29, 1.82) is 0 Å². The Hall–Kier alpha value is -3.56. The van der Waals surface area contributed by atoms with Gasteiger partial charge in [0.05, 0.1) is 16.7 Å². The molecule has 4 rings (SSSR count). The molecule has 1 aromatic heterocycles. The first-order chi connectivity index (χ1) is 16.0. The van der Waals surface area contributed by atoms with E-state index in [1.54, 1.807) is 12.1 Å². The van der Waals surface area contributed by atoms with Crippen molar-refractivity contribution < 1.29 is 9.72 Å². The lowest BCUT2D eigenvalue weighted by atomic mass is 10.1. The number of pyridine rings is 1. The second-order valence-electron chi connectivity index (χ2n) is 7.71. The zero-order valence-electron chi connectivity index (χ0n) is 17.9. The molecule has 0 unspecified atom stereocenters. The van der Waals surface area contributed by atoms with Gasteiger partial charge in [0.25, 0.3) is 5.69 Å². The fraction of sp³-hybridized carbons (Fsp3) is 0.261. The average Bonchev–Trinajstić information content (AvgIpc) is 2.83. The number of nitrogens with one attached hydrogen (secondary N) is 1. The number of rotatable bonds is 7. The molecule has 0 atom stereocenters. The van der Waals surface area contributed by atoms with Crippen LogP contribution in [0.5, 0.6) is 0 Å². The average molecular weight is 467 g/mol. The summed E-state index contributed by atoms with van der Waals surface area (Å²) in [6.45, 7) is 4.09. The summed E-state index contributed by atoms with van der Waals surface area (Å²) in [5.74, 6) is -0.174. The van der Waals surface area contributed by atoms with Crippen LogP contribution in [0, 0.1) is 10.1 Å². The number of carbonyl (C=O) groups excluding carboxylic acids is 1. The van der Waals surface area contributed by atoms with Crippen LogP contribution in [0.3, 0.4) is 0 Å². The van der Waals surface area contributed by atoms with Crippen molar-refractivity contribution in [1.82, 2.24) is 15.3 Å². The maximum absolute atomic E-state index is 12.1. The molecular formula is C23H23ClN6O3. The van der Waals surface area contributed by atoms with Crippen LogP contribution in [-0.4, -0.2) is 59.7 Å². The Morgan fingerprint density at radius 2 is 1.91 bits per heavy atom. The smallest absolute Gasteiger partial charge is 0.269 e. The summed E-state index contributed by atoms with van der Waals surface area (Å²) in [5.41, 5.74) is 5.22. The number of anilines is 1. The monoisotopic (exact) mass is 466 g/mol. The Labute approximate surface area is 195 Å². The molecule has 33 heavy (non-hydrogen) atoms. The molecule has 1 N–H and O–H groups in total. The van der Waals surface area contributed by atoms with Gasteiger partial charge in [-0.15, -0.1) is 0 Å². The minimum Gasteiger partial charge on any atom is -0.368 e. The predicted molar refractivity (Wildman–Crippen MR) is 129 cm³/mol. The third-order valence-corrected chi connectivity index (χ3v) is 5.79. The van der Waals surface area contributed by atoms with Crippen LogP contribution in [0.25, 0.3) is 10.9 Å². The lowest BCUT2D eigenvalue weighted by Gasteiger charge is -2.36. The Morgan fingerprint density at radius 1 is 1.15 bits per heavy atom. The van der Waals surface area contributed by atoms with Crippen LogP contribution in [0.15, 0.2) is 59.8 Å². The van der Waals surface area contributed by atoms with E-state index in [0.717, 1.165) is 42.8 Å². The van der Waals surface area contributed by atoms with E-state index in [0.29, 0.717) is 23.6 Å². The van der Waals surface area contributed by atoms with Crippen molar-refractivity contribution in [2.24, 2.45) is 5.10 Å². The molecule has 9 nitrogen and oxygen atoms in total. The van der Waals surface area contributed by atoms with Gasteiger partial charge in [0.15, 0.2) is 0 Å². The van der Waals surface area contributed by atoms with Crippen molar-refractivity contribution in [2.75, 3.05) is 37.6 Å². The Kier molecular flexibility index (Phi) is 7.11. The SMILES string of the molecule is O=C(CCN1CCN(c2ccnc3cc(Cl)ccc23)CC1)N/N=C/c1ccc([N+](=O)[O-])cc1. The van der Waals surface area contributed by atoms with E-state index >= 15 is 0 Å². The number of benzene rings is 2. The number of aromatic nitrogens is 1. The molecule has 2 aromatic carbocycles. The summed E-state index contributed by atoms with van der Waals surface area (Å²) in [6, 6.07) is 13.7. The topological polar surface area (TPSA) is 104 Å². The van der Waals surface area contributed by atoms with E-state index in [1.807, 2.05) is 30.5 Å². The summed E-state index contributed by atoms with van der Waals surface area (Å²) in [5, 5.41) is 16.4. The zero-order valence-corrected chi connectivity index (χ0v) is 18.6. The van der Waals surface area contributed by atoms with Gasteiger partial charge >= 0.3 is 0 Å². The standard InChI is InChI=1S/C23H23ClN6O3/c24-18-3-6-20-21(15-18)25-9-7-22(20)29-13-11-28(12-14-29)10-8-23(31)27-26-16-17-1-4-19(5-2-17)30(32)33/h1-7,9,15-16H,8,10-14H2,(H,27,31)/b26-16+. The molecule has 0 radical (unpaired) electrons. The molecule has 0 aliphatic carbocycles. The van der Waals surface area contributed by atoms with Crippen LogP contribution in [0.2, 0.25) is 5.02 Å². The largest absolute Gasteiger partial charge is 0.368 e. The van der Waals surface area contributed by atoms with Crippen LogP contribution >= 0.6 is 11.6 Å². The van der Waals surface area contributed by atoms with Crippen molar-refractivity contribution in [3.05, 3.63) is 75.4 Å². The third kappa shape index (κ3) is 5.82. The molecule has 0 spiro atoms. The van der Waals surface area contributed by atoms with Crippen LogP contribution in [-0.2, 0) is 4.79 Å². The minimum atomic E-state index is -0.461. The van der Waals surface area contributed by atoms with Crippen molar-refractivity contribution in [2.45, 2.75) is 6.42 Å². The molecule has 2 heterocycles. The second kappa shape index (κ2) is 10.4. The van der Waals surface area contributed by atoms with Gasteiger partial charge in [-0.1, -0.05) is 11.6 Å². The fourth-order valence-electron chi connectivity index (χ4n) is 3.77. The molecule has 10 heteroatoms. The molecule has 1 aliphatic rings. The number of hydrogen-bond donors (Lipinski definition) is 1. The van der Waals surface area contributed by atoms with Crippen molar-refractivity contribution in [3.8, 4) is 0 Å². The highest BCUT2D eigenvalue weighted by molar-refractivity contribution is 6.31. The maximum atomic E-state index is 12.1. The van der Waals surface area contributed by atoms with Gasteiger partial charge in [-0.2, -0.15) is 5.10 Å². The summed E-state index contributed by atoms with van der Waals surface area (Å²) >= 11 is 6.09. The predicted octanol–water partition coefficient (Wildman–Crippen LogP) is 3.46. The van der Waals surface area contributed by atoms with Crippen LogP contribution < -0.4 is 10.3 Å². The summed E-state index contributed by atoms with van der Waals surface area (Å²) < 4.78 is 0. The first-order valence-electron chi connectivity index (χ1n) is 10.6. The number of fused-ring (bicyclic) bond motifs is 1. The summed E-state index contributed by atoms with van der Waals surface area (Å²) in [7, 11) is 0. The Bertz CT molecular complexity index is 1180. The van der Waals surface area contributed by atoms with Crippen molar-refractivity contribution >= 4 is 46.0 Å². The van der Waals surface area contributed by atoms with Crippen LogP contribution in [0.1, 0.15) is 12.0 Å². The molecule has 1 amide bonds. The Balaban J connectivity index is 1.23. The number of nitro groups is 1. The van der Waals surface area contributed by atoms with E-state index < -0.39 is 4.92 Å². The number of nitrogens with zero attached hydrogens (tertiary/aromatic N) is 5. The molecule has 3 aromatic rings. The van der Waals surface area contributed by atoms with Gasteiger partial charge in [-0.25, -0.2) is 5.43 Å². The number of nitro benzene ring substituents is 1. The van der Waals surface area contributed by atoms with Gasteiger partial charge in [0.2, 0.25) is 5.91 Å². The molecule has 0 saturated carbocycles. The Morgan fingerprint density at radius 3 is 2.64 bits per heavy atom. The van der Waals surface area contributed by atoms with Gasteiger partial charge < -0.3 is 4.90 Å². The van der Waals surface area contributed by atoms with Crippen molar-refractivity contribution in [3.63, 3.8) is 0 Å². The highest BCUT2D eigenvalue weighted by Gasteiger charge is 2.19. The van der Waals surface area contributed by atoms with E-state index in [2.05, 4.69) is 25.3 Å². The van der Waals surface area contributed by atoms with E-state index in [9.17, 15) is 14.9 Å².